The molecule has 1 aromatic heterocycles. The number of nitrogens with one attached hydrogen (secondary N) is 1. The van der Waals surface area contributed by atoms with Crippen LogP contribution >= 0.6 is 11.6 Å². The largest absolute Gasteiger partial charge is 0.370 e. The van der Waals surface area contributed by atoms with E-state index in [0.717, 1.165) is 18.1 Å². The van der Waals surface area contributed by atoms with E-state index in [1.807, 2.05) is 33.0 Å². The molecule has 0 aromatic carbocycles. The van der Waals surface area contributed by atoms with Crippen LogP contribution in [0.5, 0.6) is 0 Å². The Morgan fingerprint density at radius 3 is 2.89 bits per heavy atom. The van der Waals surface area contributed by atoms with Gasteiger partial charge in [-0.05, 0) is 33.0 Å². The van der Waals surface area contributed by atoms with Gasteiger partial charge in [0, 0.05) is 19.1 Å². The van der Waals surface area contributed by atoms with Crippen molar-refractivity contribution in [2.75, 3.05) is 18.9 Å². The number of halogens is 1. The maximum Gasteiger partial charge on any atom is 0.126 e. The average Bonchev–Trinajstić information content (AvgIpc) is 2.34. The van der Waals surface area contributed by atoms with Crippen molar-refractivity contribution in [2.24, 2.45) is 0 Å². The Morgan fingerprint density at radius 2 is 2.28 bits per heavy atom. The number of pyridine rings is 1. The Balaban J connectivity index is 2.76. The van der Waals surface area contributed by atoms with Gasteiger partial charge < -0.3 is 5.32 Å². The SMILES string of the molecule is CCNc1ccc(Cl)c(CN(C)C(C)CC#N)n1. The molecule has 0 spiro atoms. The molecular formula is C13H19ClN4. The van der Waals surface area contributed by atoms with Crippen LogP contribution in [0.4, 0.5) is 5.82 Å². The molecular weight excluding hydrogens is 248 g/mol. The van der Waals surface area contributed by atoms with Crippen molar-refractivity contribution >= 4 is 17.4 Å². The Hall–Kier alpha value is -1.31. The minimum Gasteiger partial charge on any atom is -0.370 e. The van der Waals surface area contributed by atoms with E-state index in [1.165, 1.54) is 0 Å². The minimum absolute atomic E-state index is 0.190. The number of aromatic nitrogens is 1. The highest BCUT2D eigenvalue weighted by atomic mass is 35.5. The third kappa shape index (κ3) is 4.17. The monoisotopic (exact) mass is 266 g/mol. The van der Waals surface area contributed by atoms with Crippen LogP contribution in [0.2, 0.25) is 5.02 Å². The Bertz CT molecular complexity index is 427. The van der Waals surface area contributed by atoms with Gasteiger partial charge in [-0.25, -0.2) is 4.98 Å². The summed E-state index contributed by atoms with van der Waals surface area (Å²) in [5, 5.41) is 12.5. The average molecular weight is 267 g/mol. The summed E-state index contributed by atoms with van der Waals surface area (Å²) in [6, 6.07) is 6.08. The van der Waals surface area contributed by atoms with Crippen LogP contribution in [0.3, 0.4) is 0 Å². The highest BCUT2D eigenvalue weighted by Crippen LogP contribution is 2.19. The van der Waals surface area contributed by atoms with Crippen LogP contribution in [0.1, 0.15) is 26.0 Å². The molecule has 0 amide bonds. The fourth-order valence-corrected chi connectivity index (χ4v) is 1.72. The molecule has 1 N–H and O–H groups in total. The molecule has 1 atom stereocenters. The summed E-state index contributed by atoms with van der Waals surface area (Å²) in [4.78, 5) is 6.55. The number of rotatable bonds is 6. The molecule has 0 aliphatic rings. The lowest BCUT2D eigenvalue weighted by molar-refractivity contribution is 0.250. The van der Waals surface area contributed by atoms with Crippen LogP contribution < -0.4 is 5.32 Å². The molecule has 5 heteroatoms. The molecule has 1 heterocycles. The van der Waals surface area contributed by atoms with E-state index in [1.54, 1.807) is 0 Å². The zero-order valence-corrected chi connectivity index (χ0v) is 11.8. The molecule has 0 saturated carbocycles. The molecule has 18 heavy (non-hydrogen) atoms. The van der Waals surface area contributed by atoms with Gasteiger partial charge in [-0.15, -0.1) is 0 Å². The molecule has 0 aliphatic heterocycles. The first-order valence-corrected chi connectivity index (χ1v) is 6.42. The zero-order chi connectivity index (χ0) is 13.5. The molecule has 0 saturated heterocycles. The summed E-state index contributed by atoms with van der Waals surface area (Å²) in [6.45, 7) is 5.51. The summed E-state index contributed by atoms with van der Waals surface area (Å²) >= 11 is 6.14. The van der Waals surface area contributed by atoms with E-state index < -0.39 is 0 Å². The van der Waals surface area contributed by atoms with Gasteiger partial charge >= 0.3 is 0 Å². The molecule has 4 nitrogen and oxygen atoms in total. The Labute approximate surface area is 114 Å². The van der Waals surface area contributed by atoms with E-state index in [4.69, 9.17) is 16.9 Å². The van der Waals surface area contributed by atoms with Crippen LogP contribution in [-0.2, 0) is 6.54 Å². The topological polar surface area (TPSA) is 52.0 Å². The first-order chi connectivity index (χ1) is 8.58. The van der Waals surface area contributed by atoms with Crippen molar-refractivity contribution in [1.82, 2.24) is 9.88 Å². The molecule has 1 aromatic rings. The normalized spacial score (nSPS) is 12.2. The van der Waals surface area contributed by atoms with Gasteiger partial charge in [0.15, 0.2) is 0 Å². The molecule has 1 unspecified atom stereocenters. The number of hydrogen-bond donors (Lipinski definition) is 1. The van der Waals surface area contributed by atoms with Crippen molar-refractivity contribution in [3.05, 3.63) is 22.8 Å². The second-order valence-corrected chi connectivity index (χ2v) is 4.69. The maximum absolute atomic E-state index is 8.69. The molecule has 1 rings (SSSR count). The lowest BCUT2D eigenvalue weighted by Gasteiger charge is -2.22. The first-order valence-electron chi connectivity index (χ1n) is 6.05. The molecule has 0 fully saturated rings. The van der Waals surface area contributed by atoms with Crippen LogP contribution in [0.15, 0.2) is 12.1 Å². The van der Waals surface area contributed by atoms with Gasteiger partial charge in [0.2, 0.25) is 0 Å². The Kier molecular flexibility index (Phi) is 5.90. The predicted octanol–water partition coefficient (Wildman–Crippen LogP) is 2.90. The lowest BCUT2D eigenvalue weighted by Crippen LogP contribution is -2.28. The number of anilines is 1. The van der Waals surface area contributed by atoms with Crippen molar-refractivity contribution in [2.45, 2.75) is 32.9 Å². The molecule has 0 radical (unpaired) electrons. The summed E-state index contributed by atoms with van der Waals surface area (Å²) in [5.41, 5.74) is 0.836. The standard InChI is InChI=1S/C13H19ClN4/c1-4-16-13-6-5-11(14)12(17-13)9-18(3)10(2)7-8-15/h5-6,10H,4,7,9H2,1-3H3,(H,16,17). The number of nitriles is 1. The van der Waals surface area contributed by atoms with E-state index in [9.17, 15) is 0 Å². The molecule has 98 valence electrons. The molecule has 0 aliphatic carbocycles. The van der Waals surface area contributed by atoms with Gasteiger partial charge in [-0.1, -0.05) is 11.6 Å². The maximum atomic E-state index is 8.69. The third-order valence-electron chi connectivity index (χ3n) is 2.81. The molecule has 0 bridgehead atoms. The van der Waals surface area contributed by atoms with Gasteiger partial charge in [-0.2, -0.15) is 5.26 Å². The van der Waals surface area contributed by atoms with Crippen LogP contribution in [-0.4, -0.2) is 29.5 Å². The predicted molar refractivity (Wildman–Crippen MR) is 74.6 cm³/mol. The van der Waals surface area contributed by atoms with E-state index >= 15 is 0 Å². The van der Waals surface area contributed by atoms with E-state index in [2.05, 4.69) is 21.3 Å². The summed E-state index contributed by atoms with van der Waals surface area (Å²) < 4.78 is 0. The highest BCUT2D eigenvalue weighted by molar-refractivity contribution is 6.31. The fraction of sp³-hybridized carbons (Fsp3) is 0.538. The van der Waals surface area contributed by atoms with Crippen molar-refractivity contribution in [3.8, 4) is 6.07 Å². The highest BCUT2D eigenvalue weighted by Gasteiger charge is 2.12. The summed E-state index contributed by atoms with van der Waals surface area (Å²) in [5.74, 6) is 0.832. The second-order valence-electron chi connectivity index (χ2n) is 4.28. The summed E-state index contributed by atoms with van der Waals surface area (Å²) in [6.07, 6.45) is 0.501. The van der Waals surface area contributed by atoms with Crippen molar-refractivity contribution in [1.29, 1.82) is 5.26 Å². The Morgan fingerprint density at radius 1 is 1.56 bits per heavy atom. The van der Waals surface area contributed by atoms with Gasteiger partial charge in [0.1, 0.15) is 5.82 Å². The van der Waals surface area contributed by atoms with E-state index in [-0.39, 0.29) is 6.04 Å². The van der Waals surface area contributed by atoms with Crippen LogP contribution in [0.25, 0.3) is 0 Å². The van der Waals surface area contributed by atoms with Crippen molar-refractivity contribution in [3.63, 3.8) is 0 Å². The van der Waals surface area contributed by atoms with Gasteiger partial charge in [0.05, 0.1) is 23.2 Å². The smallest absolute Gasteiger partial charge is 0.126 e. The quantitative estimate of drug-likeness (QED) is 0.860. The van der Waals surface area contributed by atoms with Crippen LogP contribution in [0, 0.1) is 11.3 Å². The van der Waals surface area contributed by atoms with E-state index in [0.29, 0.717) is 18.0 Å². The van der Waals surface area contributed by atoms with Crippen molar-refractivity contribution < 1.29 is 0 Å². The fourth-order valence-electron chi connectivity index (χ4n) is 1.55. The lowest BCUT2D eigenvalue weighted by atomic mass is 10.2. The first kappa shape index (κ1) is 14.7. The second kappa shape index (κ2) is 7.20. The summed E-state index contributed by atoms with van der Waals surface area (Å²) in [7, 11) is 1.97. The van der Waals surface area contributed by atoms with Gasteiger partial charge in [0.25, 0.3) is 0 Å². The zero-order valence-electron chi connectivity index (χ0n) is 11.1. The third-order valence-corrected chi connectivity index (χ3v) is 3.16. The number of hydrogen-bond acceptors (Lipinski definition) is 4. The number of nitrogens with zero attached hydrogens (tertiary/aromatic N) is 3. The van der Waals surface area contributed by atoms with Gasteiger partial charge in [-0.3, -0.25) is 4.90 Å². The minimum atomic E-state index is 0.190.